The molecule has 0 aliphatic carbocycles. The lowest BCUT2D eigenvalue weighted by molar-refractivity contribution is 0.475. The molecule has 1 aromatic carbocycles. The molecule has 0 aliphatic heterocycles. The van der Waals surface area contributed by atoms with E-state index in [4.69, 9.17) is 5.11 Å². The molecule has 0 bridgehead atoms. The number of aromatic hydroxyl groups is 1. The first-order valence-electron chi connectivity index (χ1n) is 5.26. The Hall–Kier alpha value is -1.32. The van der Waals surface area contributed by atoms with E-state index in [0.717, 1.165) is 13.1 Å². The van der Waals surface area contributed by atoms with E-state index in [9.17, 15) is 0 Å². The van der Waals surface area contributed by atoms with Crippen LogP contribution in [0.25, 0.3) is 0 Å². The molecule has 16 heavy (non-hydrogen) atoms. The first kappa shape index (κ1) is 11.2. The number of hydrogen-bond acceptors (Lipinski definition) is 3. The van der Waals surface area contributed by atoms with Crippen molar-refractivity contribution >= 4 is 11.3 Å². The number of phenols is 1. The van der Waals surface area contributed by atoms with Crippen molar-refractivity contribution in [3.8, 4) is 5.75 Å². The molecule has 0 aliphatic rings. The molecular weight excluding hydrogens is 218 g/mol. The number of thiophene rings is 1. The van der Waals surface area contributed by atoms with Gasteiger partial charge in [-0.05, 0) is 46.5 Å². The highest BCUT2D eigenvalue weighted by atomic mass is 32.1. The van der Waals surface area contributed by atoms with E-state index in [1.807, 2.05) is 12.1 Å². The Bertz CT molecular complexity index is 447. The van der Waals surface area contributed by atoms with Gasteiger partial charge in [0.2, 0.25) is 0 Å². The molecule has 3 heteroatoms. The second-order valence-corrected chi connectivity index (χ2v) is 4.59. The summed E-state index contributed by atoms with van der Waals surface area (Å²) in [6, 6.07) is 7.30. The highest BCUT2D eigenvalue weighted by molar-refractivity contribution is 7.08. The zero-order valence-electron chi connectivity index (χ0n) is 9.23. The molecule has 2 aromatic rings. The predicted octanol–water partition coefficient (Wildman–Crippen LogP) is 3.05. The van der Waals surface area contributed by atoms with Crippen LogP contribution in [-0.2, 0) is 13.1 Å². The third-order valence-corrected chi connectivity index (χ3v) is 3.45. The maximum atomic E-state index is 9.15. The Morgan fingerprint density at radius 2 is 1.88 bits per heavy atom. The zero-order valence-corrected chi connectivity index (χ0v) is 10.1. The Labute approximate surface area is 99.6 Å². The summed E-state index contributed by atoms with van der Waals surface area (Å²) in [6.07, 6.45) is 0. The van der Waals surface area contributed by atoms with Crippen LogP contribution in [0.4, 0.5) is 0 Å². The summed E-state index contributed by atoms with van der Waals surface area (Å²) in [6.45, 7) is 3.86. The molecule has 2 N–H and O–H groups in total. The highest BCUT2D eigenvalue weighted by Gasteiger charge is 1.98. The van der Waals surface area contributed by atoms with Gasteiger partial charge in [0, 0.05) is 13.1 Å². The average Bonchev–Trinajstić information content (AvgIpc) is 2.68. The molecular formula is C13H15NOS. The van der Waals surface area contributed by atoms with Crippen LogP contribution >= 0.6 is 11.3 Å². The Kier molecular flexibility index (Phi) is 3.59. The van der Waals surface area contributed by atoms with E-state index >= 15 is 0 Å². The fraction of sp³-hybridized carbons (Fsp3) is 0.231. The van der Waals surface area contributed by atoms with Crippen LogP contribution in [0.1, 0.15) is 16.7 Å². The van der Waals surface area contributed by atoms with Crippen molar-refractivity contribution in [2.45, 2.75) is 20.0 Å². The standard InChI is InChI=1S/C13H15NOS/c1-10-8-16-9-12(10)7-14-6-11-2-4-13(15)5-3-11/h2-5,8-9,14-15H,6-7H2,1H3. The highest BCUT2D eigenvalue weighted by Crippen LogP contribution is 2.13. The molecule has 0 unspecified atom stereocenters. The predicted molar refractivity (Wildman–Crippen MR) is 67.7 cm³/mol. The number of aryl methyl sites for hydroxylation is 1. The van der Waals surface area contributed by atoms with Crippen molar-refractivity contribution in [1.29, 1.82) is 0 Å². The van der Waals surface area contributed by atoms with Gasteiger partial charge < -0.3 is 10.4 Å². The largest absolute Gasteiger partial charge is 0.508 e. The van der Waals surface area contributed by atoms with Crippen molar-refractivity contribution in [3.63, 3.8) is 0 Å². The lowest BCUT2D eigenvalue weighted by Crippen LogP contribution is -2.12. The van der Waals surface area contributed by atoms with Gasteiger partial charge in [0.25, 0.3) is 0 Å². The van der Waals surface area contributed by atoms with Gasteiger partial charge in [0.1, 0.15) is 5.75 Å². The average molecular weight is 233 g/mol. The lowest BCUT2D eigenvalue weighted by atomic mass is 10.2. The SMILES string of the molecule is Cc1cscc1CNCc1ccc(O)cc1. The Morgan fingerprint density at radius 1 is 1.12 bits per heavy atom. The molecule has 2 rings (SSSR count). The van der Waals surface area contributed by atoms with Crippen LogP contribution in [0, 0.1) is 6.92 Å². The van der Waals surface area contributed by atoms with Crippen LogP contribution in [0.5, 0.6) is 5.75 Å². The molecule has 0 fully saturated rings. The van der Waals surface area contributed by atoms with Crippen molar-refractivity contribution in [1.82, 2.24) is 5.32 Å². The topological polar surface area (TPSA) is 32.3 Å². The Morgan fingerprint density at radius 3 is 2.50 bits per heavy atom. The van der Waals surface area contributed by atoms with Gasteiger partial charge in [-0.1, -0.05) is 12.1 Å². The number of hydrogen-bond donors (Lipinski definition) is 2. The second-order valence-electron chi connectivity index (χ2n) is 3.85. The summed E-state index contributed by atoms with van der Waals surface area (Å²) >= 11 is 1.74. The molecule has 0 radical (unpaired) electrons. The van der Waals surface area contributed by atoms with Gasteiger partial charge in [0.05, 0.1) is 0 Å². The summed E-state index contributed by atoms with van der Waals surface area (Å²) in [4.78, 5) is 0. The van der Waals surface area contributed by atoms with Crippen molar-refractivity contribution in [2.75, 3.05) is 0 Å². The van der Waals surface area contributed by atoms with E-state index in [-0.39, 0.29) is 0 Å². The van der Waals surface area contributed by atoms with Crippen LogP contribution in [0.15, 0.2) is 35.0 Å². The lowest BCUT2D eigenvalue weighted by Gasteiger charge is -2.04. The van der Waals surface area contributed by atoms with Gasteiger partial charge in [-0.15, -0.1) is 0 Å². The van der Waals surface area contributed by atoms with Crippen LogP contribution in [0.2, 0.25) is 0 Å². The second kappa shape index (κ2) is 5.14. The fourth-order valence-electron chi connectivity index (χ4n) is 1.52. The minimum Gasteiger partial charge on any atom is -0.508 e. The molecule has 1 heterocycles. The van der Waals surface area contributed by atoms with Crippen LogP contribution < -0.4 is 5.32 Å². The molecule has 0 spiro atoms. The first-order valence-corrected chi connectivity index (χ1v) is 6.20. The van der Waals surface area contributed by atoms with Gasteiger partial charge in [-0.25, -0.2) is 0 Å². The summed E-state index contributed by atoms with van der Waals surface area (Å²) in [7, 11) is 0. The number of phenolic OH excluding ortho intramolecular Hbond substituents is 1. The molecule has 2 nitrogen and oxygen atoms in total. The zero-order chi connectivity index (χ0) is 11.4. The summed E-state index contributed by atoms with van der Waals surface area (Å²) in [5.74, 6) is 0.317. The number of rotatable bonds is 4. The molecule has 0 saturated heterocycles. The number of benzene rings is 1. The van der Waals surface area contributed by atoms with Crippen molar-refractivity contribution in [3.05, 3.63) is 51.7 Å². The molecule has 1 aromatic heterocycles. The Balaban J connectivity index is 1.84. The maximum absolute atomic E-state index is 9.15. The molecule has 0 saturated carbocycles. The van der Waals surface area contributed by atoms with E-state index in [2.05, 4.69) is 23.0 Å². The normalized spacial score (nSPS) is 10.6. The third-order valence-electron chi connectivity index (χ3n) is 2.54. The molecule has 0 atom stereocenters. The fourth-order valence-corrected chi connectivity index (χ4v) is 2.38. The van der Waals surface area contributed by atoms with Gasteiger partial charge in [-0.2, -0.15) is 11.3 Å². The molecule has 84 valence electrons. The smallest absolute Gasteiger partial charge is 0.115 e. The third kappa shape index (κ3) is 2.84. The minimum absolute atomic E-state index is 0.317. The number of nitrogens with one attached hydrogen (secondary N) is 1. The van der Waals surface area contributed by atoms with E-state index in [0.29, 0.717) is 5.75 Å². The van der Waals surface area contributed by atoms with Gasteiger partial charge >= 0.3 is 0 Å². The monoisotopic (exact) mass is 233 g/mol. The quantitative estimate of drug-likeness (QED) is 0.850. The van der Waals surface area contributed by atoms with E-state index in [1.165, 1.54) is 16.7 Å². The van der Waals surface area contributed by atoms with Gasteiger partial charge in [0.15, 0.2) is 0 Å². The van der Waals surface area contributed by atoms with Crippen LogP contribution in [0.3, 0.4) is 0 Å². The summed E-state index contributed by atoms with van der Waals surface area (Å²) in [5.41, 5.74) is 3.90. The van der Waals surface area contributed by atoms with Crippen molar-refractivity contribution in [2.24, 2.45) is 0 Å². The maximum Gasteiger partial charge on any atom is 0.115 e. The van der Waals surface area contributed by atoms with Gasteiger partial charge in [-0.3, -0.25) is 0 Å². The summed E-state index contributed by atoms with van der Waals surface area (Å²) in [5, 5.41) is 16.9. The molecule has 0 amide bonds. The van der Waals surface area contributed by atoms with E-state index < -0.39 is 0 Å². The van der Waals surface area contributed by atoms with Crippen LogP contribution in [-0.4, -0.2) is 5.11 Å². The summed E-state index contributed by atoms with van der Waals surface area (Å²) < 4.78 is 0. The van der Waals surface area contributed by atoms with E-state index in [1.54, 1.807) is 23.5 Å². The minimum atomic E-state index is 0.317. The van der Waals surface area contributed by atoms with Crippen molar-refractivity contribution < 1.29 is 5.11 Å². The first-order chi connectivity index (χ1) is 7.75.